The standard InChI is InChI=1S/C12H10IN3S/c13-8-1-3-9(4-2-8)16-10-5-6-11(12(14)17)15-7-10/h1-7,16H,(H2,14,17). The summed E-state index contributed by atoms with van der Waals surface area (Å²) in [7, 11) is 0. The van der Waals surface area contributed by atoms with E-state index in [4.69, 9.17) is 18.0 Å². The first kappa shape index (κ1) is 12.3. The molecule has 1 heterocycles. The van der Waals surface area contributed by atoms with Gasteiger partial charge in [-0.3, -0.25) is 4.98 Å². The largest absolute Gasteiger partial charge is 0.388 e. The van der Waals surface area contributed by atoms with Gasteiger partial charge in [0.25, 0.3) is 0 Å². The van der Waals surface area contributed by atoms with Crippen LogP contribution in [0.3, 0.4) is 0 Å². The van der Waals surface area contributed by atoms with Crippen LogP contribution < -0.4 is 11.1 Å². The van der Waals surface area contributed by atoms with Gasteiger partial charge in [0.2, 0.25) is 0 Å². The normalized spacial score (nSPS) is 9.94. The third kappa shape index (κ3) is 3.37. The first-order chi connectivity index (χ1) is 8.15. The van der Waals surface area contributed by atoms with Crippen LogP contribution in [0.25, 0.3) is 0 Å². The molecule has 17 heavy (non-hydrogen) atoms. The molecule has 0 unspecified atom stereocenters. The first-order valence-corrected chi connectivity index (χ1v) is 6.42. The Labute approximate surface area is 119 Å². The van der Waals surface area contributed by atoms with Gasteiger partial charge in [-0.2, -0.15) is 0 Å². The van der Waals surface area contributed by atoms with Crippen molar-refractivity contribution in [2.75, 3.05) is 5.32 Å². The number of aromatic nitrogens is 1. The number of benzene rings is 1. The van der Waals surface area contributed by atoms with Gasteiger partial charge in [0.1, 0.15) is 4.99 Å². The third-order valence-electron chi connectivity index (χ3n) is 2.15. The number of pyridine rings is 1. The van der Waals surface area contributed by atoms with Crippen LogP contribution in [-0.4, -0.2) is 9.97 Å². The van der Waals surface area contributed by atoms with Gasteiger partial charge in [0.15, 0.2) is 0 Å². The van der Waals surface area contributed by atoms with Crippen molar-refractivity contribution in [1.82, 2.24) is 4.98 Å². The van der Waals surface area contributed by atoms with E-state index in [1.54, 1.807) is 12.3 Å². The van der Waals surface area contributed by atoms with Gasteiger partial charge in [0.05, 0.1) is 17.6 Å². The van der Waals surface area contributed by atoms with Crippen LogP contribution in [0.5, 0.6) is 0 Å². The molecule has 0 bridgehead atoms. The fourth-order valence-corrected chi connectivity index (χ4v) is 1.79. The predicted molar refractivity (Wildman–Crippen MR) is 82.6 cm³/mol. The Morgan fingerprint density at radius 2 is 1.76 bits per heavy atom. The lowest BCUT2D eigenvalue weighted by Crippen LogP contribution is -2.11. The number of nitrogens with two attached hydrogens (primary N) is 1. The molecule has 2 aromatic rings. The van der Waals surface area contributed by atoms with Gasteiger partial charge in [-0.05, 0) is 59.0 Å². The summed E-state index contributed by atoms with van der Waals surface area (Å²) in [6, 6.07) is 11.8. The van der Waals surface area contributed by atoms with Gasteiger partial charge >= 0.3 is 0 Å². The van der Waals surface area contributed by atoms with E-state index >= 15 is 0 Å². The van der Waals surface area contributed by atoms with Crippen molar-refractivity contribution >= 4 is 51.2 Å². The number of rotatable bonds is 3. The minimum absolute atomic E-state index is 0.311. The fraction of sp³-hybridized carbons (Fsp3) is 0. The summed E-state index contributed by atoms with van der Waals surface area (Å²) >= 11 is 7.11. The van der Waals surface area contributed by atoms with Gasteiger partial charge in [-0.25, -0.2) is 0 Å². The van der Waals surface area contributed by atoms with Crippen molar-refractivity contribution in [3.8, 4) is 0 Å². The Kier molecular flexibility index (Phi) is 3.90. The maximum Gasteiger partial charge on any atom is 0.122 e. The molecule has 3 nitrogen and oxygen atoms in total. The van der Waals surface area contributed by atoms with Crippen LogP contribution >= 0.6 is 34.8 Å². The first-order valence-electron chi connectivity index (χ1n) is 4.93. The molecular weight excluding hydrogens is 345 g/mol. The molecule has 3 N–H and O–H groups in total. The Hall–Kier alpha value is -1.21. The maximum absolute atomic E-state index is 5.48. The zero-order valence-corrected chi connectivity index (χ0v) is 11.8. The molecule has 0 aliphatic rings. The molecule has 0 atom stereocenters. The number of halogens is 1. The van der Waals surface area contributed by atoms with Crippen LogP contribution in [0, 0.1) is 3.57 Å². The number of thiocarbonyl (C=S) groups is 1. The van der Waals surface area contributed by atoms with E-state index in [9.17, 15) is 0 Å². The van der Waals surface area contributed by atoms with Crippen LogP contribution in [0.1, 0.15) is 5.69 Å². The van der Waals surface area contributed by atoms with Crippen molar-refractivity contribution in [1.29, 1.82) is 0 Å². The topological polar surface area (TPSA) is 50.9 Å². The molecule has 0 saturated carbocycles. The molecule has 1 aromatic heterocycles. The molecule has 0 aliphatic carbocycles. The van der Waals surface area contributed by atoms with Gasteiger partial charge in [-0.1, -0.05) is 12.2 Å². The molecule has 0 amide bonds. The number of nitrogens with zero attached hydrogens (tertiary/aromatic N) is 1. The summed E-state index contributed by atoms with van der Waals surface area (Å²) in [5.41, 5.74) is 8.05. The Morgan fingerprint density at radius 3 is 2.29 bits per heavy atom. The number of hydrogen-bond donors (Lipinski definition) is 2. The lowest BCUT2D eigenvalue weighted by Gasteiger charge is -2.06. The van der Waals surface area contributed by atoms with Crippen LogP contribution in [-0.2, 0) is 0 Å². The highest BCUT2D eigenvalue weighted by Crippen LogP contribution is 2.17. The van der Waals surface area contributed by atoms with Crippen molar-refractivity contribution in [3.05, 3.63) is 51.9 Å². The molecule has 1 aromatic carbocycles. The zero-order chi connectivity index (χ0) is 12.3. The number of hydrogen-bond acceptors (Lipinski definition) is 3. The minimum atomic E-state index is 0.311. The molecule has 86 valence electrons. The molecule has 0 spiro atoms. The lowest BCUT2D eigenvalue weighted by molar-refractivity contribution is 1.29. The Bertz CT molecular complexity index is 522. The summed E-state index contributed by atoms with van der Waals surface area (Å²) in [4.78, 5) is 4.47. The van der Waals surface area contributed by atoms with Crippen LogP contribution in [0.2, 0.25) is 0 Å². The van der Waals surface area contributed by atoms with Gasteiger partial charge < -0.3 is 11.1 Å². The summed E-state index contributed by atoms with van der Waals surface area (Å²) < 4.78 is 1.20. The van der Waals surface area contributed by atoms with Crippen molar-refractivity contribution < 1.29 is 0 Å². The molecule has 2 rings (SSSR count). The van der Waals surface area contributed by atoms with Crippen LogP contribution in [0.15, 0.2) is 42.6 Å². The second kappa shape index (κ2) is 5.42. The van der Waals surface area contributed by atoms with Crippen LogP contribution in [0.4, 0.5) is 11.4 Å². The lowest BCUT2D eigenvalue weighted by atomic mass is 10.3. The van der Waals surface area contributed by atoms with E-state index in [2.05, 4.69) is 32.9 Å². The maximum atomic E-state index is 5.48. The monoisotopic (exact) mass is 355 g/mol. The fourth-order valence-electron chi connectivity index (χ4n) is 1.31. The average molecular weight is 355 g/mol. The SMILES string of the molecule is NC(=S)c1ccc(Nc2ccc(I)cc2)cn1. The average Bonchev–Trinajstić information content (AvgIpc) is 2.33. The van der Waals surface area contributed by atoms with E-state index in [1.807, 2.05) is 30.3 Å². The van der Waals surface area contributed by atoms with E-state index in [-0.39, 0.29) is 0 Å². The van der Waals surface area contributed by atoms with E-state index in [1.165, 1.54) is 3.57 Å². The van der Waals surface area contributed by atoms with E-state index in [0.717, 1.165) is 11.4 Å². The minimum Gasteiger partial charge on any atom is -0.388 e. The molecule has 0 radical (unpaired) electrons. The van der Waals surface area contributed by atoms with Gasteiger partial charge in [0, 0.05) is 9.26 Å². The van der Waals surface area contributed by atoms with E-state index < -0.39 is 0 Å². The quantitative estimate of drug-likeness (QED) is 0.656. The summed E-state index contributed by atoms with van der Waals surface area (Å²) in [6.07, 6.45) is 1.71. The summed E-state index contributed by atoms with van der Waals surface area (Å²) in [5, 5.41) is 3.25. The van der Waals surface area contributed by atoms with E-state index in [0.29, 0.717) is 10.7 Å². The second-order valence-corrected chi connectivity index (χ2v) is 5.11. The third-order valence-corrected chi connectivity index (χ3v) is 3.08. The highest BCUT2D eigenvalue weighted by Gasteiger charge is 1.99. The molecule has 0 aliphatic heterocycles. The number of anilines is 2. The second-order valence-electron chi connectivity index (χ2n) is 3.43. The smallest absolute Gasteiger partial charge is 0.122 e. The highest BCUT2D eigenvalue weighted by molar-refractivity contribution is 14.1. The van der Waals surface area contributed by atoms with Crippen molar-refractivity contribution in [2.45, 2.75) is 0 Å². The highest BCUT2D eigenvalue weighted by atomic mass is 127. The zero-order valence-electron chi connectivity index (χ0n) is 8.85. The Balaban J connectivity index is 2.13. The molecule has 5 heteroatoms. The summed E-state index contributed by atoms with van der Waals surface area (Å²) in [6.45, 7) is 0. The molecule has 0 fully saturated rings. The molecule has 0 saturated heterocycles. The molecular formula is C12H10IN3S. The summed E-state index contributed by atoms with van der Waals surface area (Å²) in [5.74, 6) is 0. The number of nitrogens with one attached hydrogen (secondary N) is 1. The van der Waals surface area contributed by atoms with Crippen molar-refractivity contribution in [3.63, 3.8) is 0 Å². The predicted octanol–water partition coefficient (Wildman–Crippen LogP) is 3.06. The van der Waals surface area contributed by atoms with Crippen molar-refractivity contribution in [2.24, 2.45) is 5.73 Å². The van der Waals surface area contributed by atoms with Gasteiger partial charge in [-0.15, -0.1) is 0 Å². The Morgan fingerprint density at radius 1 is 1.12 bits per heavy atom.